The van der Waals surface area contributed by atoms with Gasteiger partial charge in [-0.15, -0.1) is 0 Å². The highest BCUT2D eigenvalue weighted by Crippen LogP contribution is 2.18. The lowest BCUT2D eigenvalue weighted by molar-refractivity contribution is -0.141. The zero-order valence-electron chi connectivity index (χ0n) is 12.3. The highest BCUT2D eigenvalue weighted by Gasteiger charge is 2.34. The molecule has 110 valence electrons. The van der Waals surface area contributed by atoms with Gasteiger partial charge in [-0.1, -0.05) is 13.8 Å². The van der Waals surface area contributed by atoms with Crippen LogP contribution in [0.2, 0.25) is 0 Å². The summed E-state index contributed by atoms with van der Waals surface area (Å²) in [6, 6.07) is -0.936. The molecule has 0 saturated carbocycles. The van der Waals surface area contributed by atoms with Gasteiger partial charge in [0.2, 0.25) is 0 Å². The monoisotopic (exact) mass is 271 g/mol. The number of amides is 2. The largest absolute Gasteiger partial charge is 0.480 e. The van der Waals surface area contributed by atoms with Crippen molar-refractivity contribution in [2.45, 2.75) is 32.7 Å². The standard InChI is InChI=1S/C13H25N3O3/c1-13(2,9-15(3)4)8-14-12(19)16-7-5-6-10(16)11(17)18/h10H,5-9H2,1-4H3,(H,14,19)(H,17,18). The lowest BCUT2D eigenvalue weighted by atomic mass is 9.93. The Morgan fingerprint density at radius 1 is 1.42 bits per heavy atom. The number of carboxylic acid groups (broad SMARTS) is 1. The fourth-order valence-electron chi connectivity index (χ4n) is 2.59. The van der Waals surface area contributed by atoms with Crippen LogP contribution < -0.4 is 5.32 Å². The van der Waals surface area contributed by atoms with Crippen LogP contribution in [-0.2, 0) is 4.79 Å². The van der Waals surface area contributed by atoms with E-state index in [1.165, 1.54) is 4.90 Å². The van der Waals surface area contributed by atoms with Crippen molar-refractivity contribution in [1.82, 2.24) is 15.1 Å². The molecule has 0 aromatic heterocycles. The lowest BCUT2D eigenvalue weighted by Gasteiger charge is -2.30. The van der Waals surface area contributed by atoms with Crippen LogP contribution >= 0.6 is 0 Å². The summed E-state index contributed by atoms with van der Waals surface area (Å²) in [4.78, 5) is 26.6. The molecule has 1 unspecified atom stereocenters. The number of hydrogen-bond acceptors (Lipinski definition) is 3. The van der Waals surface area contributed by atoms with E-state index < -0.39 is 12.0 Å². The van der Waals surface area contributed by atoms with Crippen molar-refractivity contribution in [3.8, 4) is 0 Å². The van der Waals surface area contributed by atoms with Crippen molar-refractivity contribution in [3.05, 3.63) is 0 Å². The number of nitrogens with one attached hydrogen (secondary N) is 1. The average molecular weight is 271 g/mol. The van der Waals surface area contributed by atoms with Gasteiger partial charge in [0.1, 0.15) is 6.04 Å². The Balaban J connectivity index is 2.49. The number of carboxylic acids is 1. The summed E-state index contributed by atoms with van der Waals surface area (Å²) in [6.07, 6.45) is 1.30. The third kappa shape index (κ3) is 4.70. The molecule has 6 heteroatoms. The van der Waals surface area contributed by atoms with E-state index in [4.69, 9.17) is 5.11 Å². The van der Waals surface area contributed by atoms with E-state index in [1.807, 2.05) is 14.1 Å². The maximum Gasteiger partial charge on any atom is 0.326 e. The molecule has 1 saturated heterocycles. The van der Waals surface area contributed by atoms with Gasteiger partial charge in [0, 0.05) is 19.6 Å². The van der Waals surface area contributed by atoms with Crippen LogP contribution in [0.15, 0.2) is 0 Å². The maximum atomic E-state index is 12.0. The normalized spacial score (nSPS) is 19.8. The van der Waals surface area contributed by atoms with Gasteiger partial charge in [-0.2, -0.15) is 0 Å². The van der Waals surface area contributed by atoms with Gasteiger partial charge >= 0.3 is 12.0 Å². The molecule has 0 aromatic carbocycles. The molecule has 1 atom stereocenters. The van der Waals surface area contributed by atoms with E-state index in [9.17, 15) is 9.59 Å². The van der Waals surface area contributed by atoms with Gasteiger partial charge in [0.15, 0.2) is 0 Å². The van der Waals surface area contributed by atoms with E-state index in [1.54, 1.807) is 0 Å². The Hall–Kier alpha value is -1.30. The van der Waals surface area contributed by atoms with E-state index in [0.29, 0.717) is 19.5 Å². The van der Waals surface area contributed by atoms with Crippen LogP contribution in [0.3, 0.4) is 0 Å². The molecule has 19 heavy (non-hydrogen) atoms. The quantitative estimate of drug-likeness (QED) is 0.777. The molecule has 0 spiro atoms. The Morgan fingerprint density at radius 3 is 2.58 bits per heavy atom. The summed E-state index contributed by atoms with van der Waals surface area (Å²) in [5, 5.41) is 11.9. The fraction of sp³-hybridized carbons (Fsp3) is 0.846. The van der Waals surface area contributed by atoms with Crippen LogP contribution in [0.25, 0.3) is 0 Å². The van der Waals surface area contributed by atoms with E-state index in [-0.39, 0.29) is 11.4 Å². The summed E-state index contributed by atoms with van der Waals surface area (Å²) in [6.45, 7) is 6.07. The van der Waals surface area contributed by atoms with Crippen LogP contribution in [-0.4, -0.2) is 66.7 Å². The average Bonchev–Trinajstić information content (AvgIpc) is 2.73. The molecule has 6 nitrogen and oxygen atoms in total. The molecule has 1 aliphatic heterocycles. The first-order valence-electron chi connectivity index (χ1n) is 6.65. The number of nitrogens with zero attached hydrogens (tertiary/aromatic N) is 2. The minimum absolute atomic E-state index is 0.0440. The molecule has 1 rings (SSSR count). The van der Waals surface area contributed by atoms with Crippen molar-refractivity contribution in [2.75, 3.05) is 33.7 Å². The minimum atomic E-state index is -0.916. The predicted molar refractivity (Wildman–Crippen MR) is 73.1 cm³/mol. The van der Waals surface area contributed by atoms with Gasteiger partial charge in [-0.05, 0) is 32.4 Å². The molecule has 1 fully saturated rings. The van der Waals surface area contributed by atoms with E-state index >= 15 is 0 Å². The number of hydrogen-bond donors (Lipinski definition) is 2. The smallest absolute Gasteiger partial charge is 0.326 e. The van der Waals surface area contributed by atoms with Crippen molar-refractivity contribution in [3.63, 3.8) is 0 Å². The first-order valence-corrected chi connectivity index (χ1v) is 6.65. The fourth-order valence-corrected chi connectivity index (χ4v) is 2.59. The zero-order chi connectivity index (χ0) is 14.6. The Bertz CT molecular complexity index is 342. The van der Waals surface area contributed by atoms with Crippen LogP contribution in [0.1, 0.15) is 26.7 Å². The lowest BCUT2D eigenvalue weighted by Crippen LogP contribution is -2.49. The maximum absolute atomic E-state index is 12.0. The molecule has 0 bridgehead atoms. The topological polar surface area (TPSA) is 72.9 Å². The molecule has 0 radical (unpaired) electrons. The number of urea groups is 1. The molecule has 0 aromatic rings. The van der Waals surface area contributed by atoms with Gasteiger partial charge in [0.05, 0.1) is 0 Å². The molecule has 2 amide bonds. The molecule has 2 N–H and O–H groups in total. The summed E-state index contributed by atoms with van der Waals surface area (Å²) in [5.41, 5.74) is -0.0440. The van der Waals surface area contributed by atoms with Crippen LogP contribution in [0.5, 0.6) is 0 Å². The minimum Gasteiger partial charge on any atom is -0.480 e. The second-order valence-corrected chi connectivity index (χ2v) is 6.25. The van der Waals surface area contributed by atoms with Gasteiger partial charge in [0.25, 0.3) is 0 Å². The number of carbonyl (C=O) groups is 2. The first-order chi connectivity index (χ1) is 8.73. The Morgan fingerprint density at radius 2 is 2.05 bits per heavy atom. The Kier molecular flexibility index (Phi) is 5.17. The summed E-state index contributed by atoms with van der Waals surface area (Å²) >= 11 is 0. The van der Waals surface area contributed by atoms with Gasteiger partial charge < -0.3 is 20.2 Å². The molecule has 1 aliphatic rings. The van der Waals surface area contributed by atoms with E-state index in [0.717, 1.165) is 13.0 Å². The SMILES string of the molecule is CN(C)CC(C)(C)CNC(=O)N1CCCC1C(=O)O. The Labute approximate surface area is 114 Å². The van der Waals surface area contributed by atoms with Crippen molar-refractivity contribution >= 4 is 12.0 Å². The predicted octanol–water partition coefficient (Wildman–Crippen LogP) is 0.833. The van der Waals surface area contributed by atoms with Gasteiger partial charge in [-0.3, -0.25) is 0 Å². The number of carbonyl (C=O) groups excluding carboxylic acids is 1. The molecule has 0 aliphatic carbocycles. The first kappa shape index (κ1) is 15.8. The van der Waals surface area contributed by atoms with Gasteiger partial charge in [-0.25, -0.2) is 9.59 Å². The van der Waals surface area contributed by atoms with Crippen molar-refractivity contribution in [2.24, 2.45) is 5.41 Å². The summed E-state index contributed by atoms with van der Waals surface area (Å²) < 4.78 is 0. The highest BCUT2D eigenvalue weighted by molar-refractivity contribution is 5.83. The number of rotatable bonds is 5. The number of aliphatic carboxylic acids is 1. The molecular weight excluding hydrogens is 246 g/mol. The van der Waals surface area contributed by atoms with Crippen LogP contribution in [0.4, 0.5) is 4.79 Å². The third-order valence-electron chi connectivity index (χ3n) is 3.26. The van der Waals surface area contributed by atoms with Crippen molar-refractivity contribution < 1.29 is 14.7 Å². The summed E-state index contributed by atoms with van der Waals surface area (Å²) in [7, 11) is 3.98. The molecular formula is C13H25N3O3. The summed E-state index contributed by atoms with van der Waals surface area (Å²) in [5.74, 6) is -0.916. The third-order valence-corrected chi connectivity index (χ3v) is 3.26. The number of likely N-dealkylation sites (tertiary alicyclic amines) is 1. The molecule has 1 heterocycles. The highest BCUT2D eigenvalue weighted by atomic mass is 16.4. The van der Waals surface area contributed by atoms with Crippen molar-refractivity contribution in [1.29, 1.82) is 0 Å². The van der Waals surface area contributed by atoms with E-state index in [2.05, 4.69) is 24.1 Å². The zero-order valence-corrected chi connectivity index (χ0v) is 12.3. The van der Waals surface area contributed by atoms with Crippen LogP contribution in [0, 0.1) is 5.41 Å². The second-order valence-electron chi connectivity index (χ2n) is 6.25. The second kappa shape index (κ2) is 6.23.